The van der Waals surface area contributed by atoms with Gasteiger partial charge in [0, 0.05) is 21.9 Å². The molecule has 0 unspecified atom stereocenters. The van der Waals surface area contributed by atoms with Crippen molar-refractivity contribution < 1.29 is 9.31 Å². The third kappa shape index (κ3) is 3.63. The van der Waals surface area contributed by atoms with Gasteiger partial charge in [0.2, 0.25) is 0 Å². The molecule has 0 atom stereocenters. The second kappa shape index (κ2) is 5.96. The average molecular weight is 372 g/mol. The number of nitrogens with zero attached hydrogens (tertiary/aromatic N) is 1. The SMILES string of the molecule is O=[N+]([O-])c1ccc(F)cc1CNc1cccc(I)c1. The van der Waals surface area contributed by atoms with Gasteiger partial charge in [0.25, 0.3) is 5.69 Å². The van der Waals surface area contributed by atoms with Gasteiger partial charge in [-0.2, -0.15) is 0 Å². The number of hydrogen-bond donors (Lipinski definition) is 1. The molecular weight excluding hydrogens is 362 g/mol. The lowest BCUT2D eigenvalue weighted by Gasteiger charge is -2.07. The van der Waals surface area contributed by atoms with Crippen molar-refractivity contribution in [3.8, 4) is 0 Å². The first-order valence-electron chi connectivity index (χ1n) is 5.48. The van der Waals surface area contributed by atoms with E-state index in [9.17, 15) is 14.5 Å². The van der Waals surface area contributed by atoms with Crippen LogP contribution in [0.4, 0.5) is 15.8 Å². The molecule has 0 heterocycles. The third-order valence-electron chi connectivity index (χ3n) is 2.55. The van der Waals surface area contributed by atoms with Crippen molar-refractivity contribution in [1.82, 2.24) is 0 Å². The van der Waals surface area contributed by atoms with Crippen LogP contribution in [0.25, 0.3) is 0 Å². The number of nitrogens with one attached hydrogen (secondary N) is 1. The molecule has 19 heavy (non-hydrogen) atoms. The van der Waals surface area contributed by atoms with Crippen LogP contribution in [0, 0.1) is 19.5 Å². The summed E-state index contributed by atoms with van der Waals surface area (Å²) in [6.07, 6.45) is 0. The van der Waals surface area contributed by atoms with Gasteiger partial charge >= 0.3 is 0 Å². The van der Waals surface area contributed by atoms with E-state index in [1.807, 2.05) is 24.3 Å². The van der Waals surface area contributed by atoms with E-state index in [0.29, 0.717) is 5.56 Å². The molecule has 0 aliphatic heterocycles. The van der Waals surface area contributed by atoms with E-state index >= 15 is 0 Å². The van der Waals surface area contributed by atoms with Crippen molar-refractivity contribution in [2.75, 3.05) is 5.32 Å². The molecule has 2 aromatic rings. The van der Waals surface area contributed by atoms with Crippen molar-refractivity contribution in [3.05, 3.63) is 67.5 Å². The van der Waals surface area contributed by atoms with E-state index in [2.05, 4.69) is 27.9 Å². The van der Waals surface area contributed by atoms with Crippen LogP contribution in [-0.4, -0.2) is 4.92 Å². The molecule has 0 aliphatic carbocycles. The summed E-state index contributed by atoms with van der Waals surface area (Å²) in [6.45, 7) is 0.203. The number of halogens is 2. The van der Waals surface area contributed by atoms with E-state index in [1.54, 1.807) is 0 Å². The lowest BCUT2D eigenvalue weighted by Crippen LogP contribution is -2.03. The van der Waals surface area contributed by atoms with E-state index in [4.69, 9.17) is 0 Å². The smallest absolute Gasteiger partial charge is 0.274 e. The van der Waals surface area contributed by atoms with Crippen molar-refractivity contribution in [2.45, 2.75) is 6.54 Å². The molecule has 0 aliphatic rings. The number of nitro benzene ring substituents is 1. The maximum absolute atomic E-state index is 13.1. The molecule has 6 heteroatoms. The highest BCUT2D eigenvalue weighted by Crippen LogP contribution is 2.21. The van der Waals surface area contributed by atoms with Gasteiger partial charge in [-0.15, -0.1) is 0 Å². The summed E-state index contributed by atoms with van der Waals surface area (Å²) in [4.78, 5) is 10.3. The number of benzene rings is 2. The summed E-state index contributed by atoms with van der Waals surface area (Å²) in [7, 11) is 0. The minimum absolute atomic E-state index is 0.0838. The number of hydrogen-bond acceptors (Lipinski definition) is 3. The normalized spacial score (nSPS) is 10.2. The summed E-state index contributed by atoms with van der Waals surface area (Å²) < 4.78 is 14.2. The monoisotopic (exact) mass is 372 g/mol. The standard InChI is InChI=1S/C13H10FIN2O2/c14-10-4-5-13(17(18)19)9(6-10)8-16-12-3-1-2-11(15)7-12/h1-7,16H,8H2. The minimum atomic E-state index is -0.509. The molecule has 2 aromatic carbocycles. The Morgan fingerprint density at radius 1 is 1.26 bits per heavy atom. The van der Waals surface area contributed by atoms with Crippen LogP contribution in [0.15, 0.2) is 42.5 Å². The zero-order chi connectivity index (χ0) is 13.8. The maximum atomic E-state index is 13.1. The Balaban J connectivity index is 2.19. The topological polar surface area (TPSA) is 55.2 Å². The summed E-state index contributed by atoms with van der Waals surface area (Å²) in [5.74, 6) is -0.481. The Labute approximate surface area is 122 Å². The fourth-order valence-corrected chi connectivity index (χ4v) is 2.21. The average Bonchev–Trinajstić information content (AvgIpc) is 2.36. The zero-order valence-electron chi connectivity index (χ0n) is 9.77. The van der Waals surface area contributed by atoms with E-state index in [1.165, 1.54) is 12.1 Å². The molecule has 2 rings (SSSR count). The minimum Gasteiger partial charge on any atom is -0.381 e. The maximum Gasteiger partial charge on any atom is 0.274 e. The van der Waals surface area contributed by atoms with Crippen LogP contribution in [0.2, 0.25) is 0 Å². The Hall–Kier alpha value is -1.70. The van der Waals surface area contributed by atoms with Crippen LogP contribution in [-0.2, 0) is 6.54 Å². The van der Waals surface area contributed by atoms with E-state index in [-0.39, 0.29) is 12.2 Å². The van der Waals surface area contributed by atoms with Crippen molar-refractivity contribution >= 4 is 34.0 Å². The first-order valence-corrected chi connectivity index (χ1v) is 6.56. The summed E-state index contributed by atoms with van der Waals surface area (Å²) in [6, 6.07) is 11.0. The molecule has 0 fully saturated rings. The molecule has 1 N–H and O–H groups in total. The van der Waals surface area contributed by atoms with E-state index < -0.39 is 10.7 Å². The van der Waals surface area contributed by atoms with Crippen LogP contribution in [0.5, 0.6) is 0 Å². The molecule has 0 bridgehead atoms. The summed E-state index contributed by atoms with van der Waals surface area (Å²) in [5, 5.41) is 13.9. The predicted octanol–water partition coefficient (Wildman–Crippen LogP) is 3.95. The second-order valence-corrected chi connectivity index (χ2v) is 5.14. The Morgan fingerprint density at radius 2 is 2.05 bits per heavy atom. The summed E-state index contributed by atoms with van der Waals surface area (Å²) in [5.41, 5.74) is 1.08. The zero-order valence-corrected chi connectivity index (χ0v) is 11.9. The molecule has 0 saturated carbocycles. The van der Waals surface area contributed by atoms with Gasteiger partial charge in [-0.05, 0) is 52.9 Å². The number of anilines is 1. The fourth-order valence-electron chi connectivity index (χ4n) is 1.67. The van der Waals surface area contributed by atoms with Gasteiger partial charge in [-0.1, -0.05) is 6.07 Å². The molecule has 0 radical (unpaired) electrons. The molecule has 0 amide bonds. The molecule has 4 nitrogen and oxygen atoms in total. The van der Waals surface area contributed by atoms with Gasteiger partial charge in [-0.25, -0.2) is 4.39 Å². The molecule has 0 saturated heterocycles. The van der Waals surface area contributed by atoms with Crippen molar-refractivity contribution in [1.29, 1.82) is 0 Å². The summed E-state index contributed by atoms with van der Waals surface area (Å²) >= 11 is 2.17. The quantitative estimate of drug-likeness (QED) is 0.502. The Kier molecular flexibility index (Phi) is 4.31. The number of nitro groups is 1. The lowest BCUT2D eigenvalue weighted by molar-refractivity contribution is -0.385. The van der Waals surface area contributed by atoms with Gasteiger partial charge in [0.05, 0.1) is 10.5 Å². The highest BCUT2D eigenvalue weighted by molar-refractivity contribution is 14.1. The Bertz CT molecular complexity index is 619. The molecular formula is C13H10FIN2O2. The lowest BCUT2D eigenvalue weighted by atomic mass is 10.1. The first kappa shape index (κ1) is 13.7. The van der Waals surface area contributed by atoms with Crippen LogP contribution in [0.1, 0.15) is 5.56 Å². The highest BCUT2D eigenvalue weighted by Gasteiger charge is 2.13. The van der Waals surface area contributed by atoms with Gasteiger partial charge in [-0.3, -0.25) is 10.1 Å². The van der Waals surface area contributed by atoms with E-state index in [0.717, 1.165) is 15.3 Å². The van der Waals surface area contributed by atoms with Crippen LogP contribution in [0.3, 0.4) is 0 Å². The van der Waals surface area contributed by atoms with Gasteiger partial charge < -0.3 is 5.32 Å². The van der Waals surface area contributed by atoms with Gasteiger partial charge in [0.15, 0.2) is 0 Å². The number of rotatable bonds is 4. The second-order valence-electron chi connectivity index (χ2n) is 3.89. The predicted molar refractivity (Wildman–Crippen MR) is 79.5 cm³/mol. The highest BCUT2D eigenvalue weighted by atomic mass is 127. The largest absolute Gasteiger partial charge is 0.381 e. The molecule has 0 spiro atoms. The van der Waals surface area contributed by atoms with Crippen molar-refractivity contribution in [2.24, 2.45) is 0 Å². The van der Waals surface area contributed by atoms with Crippen LogP contribution < -0.4 is 5.32 Å². The molecule has 0 aromatic heterocycles. The van der Waals surface area contributed by atoms with Gasteiger partial charge in [0.1, 0.15) is 5.82 Å². The van der Waals surface area contributed by atoms with Crippen molar-refractivity contribution in [3.63, 3.8) is 0 Å². The Morgan fingerprint density at radius 3 is 2.74 bits per heavy atom. The van der Waals surface area contributed by atoms with Crippen LogP contribution >= 0.6 is 22.6 Å². The fraction of sp³-hybridized carbons (Fsp3) is 0.0769. The first-order chi connectivity index (χ1) is 9.06. The third-order valence-corrected chi connectivity index (χ3v) is 3.22. The molecule has 98 valence electrons.